The van der Waals surface area contributed by atoms with Crippen LogP contribution in [0.1, 0.15) is 290 Å². The van der Waals surface area contributed by atoms with Crippen LogP contribution in [0.2, 0.25) is 0 Å². The van der Waals surface area contributed by atoms with Crippen LogP contribution in [0.25, 0.3) is 0 Å². The van der Waals surface area contributed by atoms with Crippen LogP contribution in [0.15, 0.2) is 97.2 Å². The van der Waals surface area contributed by atoms with Crippen LogP contribution < -0.4 is 0 Å². The number of carbonyl (C=O) groups is 3. The van der Waals surface area contributed by atoms with E-state index in [1.807, 2.05) is 0 Å². The highest BCUT2D eigenvalue weighted by Crippen LogP contribution is 2.15. The molecule has 0 aromatic carbocycles. The smallest absolute Gasteiger partial charge is 0.306 e. The first kappa shape index (κ1) is 69.3. The van der Waals surface area contributed by atoms with Gasteiger partial charge in [0.1, 0.15) is 13.2 Å². The molecule has 1 unspecified atom stereocenters. The van der Waals surface area contributed by atoms with Crippen LogP contribution in [-0.4, -0.2) is 37.2 Å². The topological polar surface area (TPSA) is 78.9 Å². The van der Waals surface area contributed by atoms with Crippen molar-refractivity contribution in [2.75, 3.05) is 13.2 Å². The lowest BCUT2D eigenvalue weighted by Gasteiger charge is -2.18. The Labute approximate surface area is 451 Å². The zero-order chi connectivity index (χ0) is 52.9. The normalized spacial score (nSPS) is 12.8. The Balaban J connectivity index is 4.09. The minimum Gasteiger partial charge on any atom is -0.462 e. The molecule has 0 radical (unpaired) electrons. The van der Waals surface area contributed by atoms with Gasteiger partial charge in [0.05, 0.1) is 0 Å². The largest absolute Gasteiger partial charge is 0.462 e. The molecule has 0 N–H and O–H groups in total. The number of ether oxygens (including phenoxy) is 3. The standard InChI is InChI=1S/C67H114O6/c1-4-7-10-13-15-17-19-21-23-25-27-29-31-32-33-34-36-37-39-41-43-45-47-49-51-54-57-60-66(69)72-63-64(62-71-65(68)59-56-53-12-9-6-3)73-67(70)61-58-55-52-50-48-46-44-42-40-38-35-30-28-26-24-22-20-18-16-14-11-8-5-2/h7,10,15,17,20-23,26-29,32-33,35,38,64H,4-6,8-9,11-14,16,18-19,24-25,30-31,34,36-37,39-63H2,1-3H3/b10-7-,17-15-,22-20-,23-21-,28-26-,29-27-,33-32-,38-35-. The third-order valence-corrected chi connectivity index (χ3v) is 13.1. The molecule has 1 atom stereocenters. The van der Waals surface area contributed by atoms with Crippen LogP contribution >= 0.6 is 0 Å². The quantitative estimate of drug-likeness (QED) is 0.0261. The molecule has 0 aliphatic rings. The van der Waals surface area contributed by atoms with Crippen LogP contribution in [0.3, 0.4) is 0 Å². The Bertz CT molecular complexity index is 1440. The highest BCUT2D eigenvalue weighted by Gasteiger charge is 2.19. The molecular weight excluding hydrogens is 901 g/mol. The van der Waals surface area contributed by atoms with Gasteiger partial charge in [-0.05, 0) is 103 Å². The number of allylic oxidation sites excluding steroid dienone is 16. The number of hydrogen-bond donors (Lipinski definition) is 0. The summed E-state index contributed by atoms with van der Waals surface area (Å²) in [5.41, 5.74) is 0. The van der Waals surface area contributed by atoms with Gasteiger partial charge in [-0.25, -0.2) is 0 Å². The summed E-state index contributed by atoms with van der Waals surface area (Å²) in [6, 6.07) is 0. The van der Waals surface area contributed by atoms with Crippen LogP contribution in [0.4, 0.5) is 0 Å². The molecule has 0 amide bonds. The van der Waals surface area contributed by atoms with Crippen molar-refractivity contribution in [1.82, 2.24) is 0 Å². The molecule has 0 saturated carbocycles. The molecule has 0 aromatic heterocycles. The first-order valence-electron chi connectivity index (χ1n) is 30.7. The molecule has 0 aromatic rings. The molecule has 0 bridgehead atoms. The van der Waals surface area contributed by atoms with Crippen LogP contribution in [0, 0.1) is 0 Å². The summed E-state index contributed by atoms with van der Waals surface area (Å²) in [5.74, 6) is -0.900. The van der Waals surface area contributed by atoms with Crippen molar-refractivity contribution in [1.29, 1.82) is 0 Å². The first-order valence-corrected chi connectivity index (χ1v) is 30.7. The Morgan fingerprint density at radius 2 is 0.534 bits per heavy atom. The average molecular weight is 1020 g/mol. The molecule has 0 aliphatic heterocycles. The van der Waals surface area contributed by atoms with E-state index >= 15 is 0 Å². The summed E-state index contributed by atoms with van der Waals surface area (Å²) in [6.07, 6.45) is 81.7. The van der Waals surface area contributed by atoms with Crippen LogP contribution in [-0.2, 0) is 28.6 Å². The lowest BCUT2D eigenvalue weighted by atomic mass is 10.0. The molecule has 418 valence electrons. The molecule has 0 fully saturated rings. The number of esters is 3. The molecule has 0 heterocycles. The maximum atomic E-state index is 12.8. The number of carbonyl (C=O) groups excluding carboxylic acids is 3. The van der Waals surface area contributed by atoms with E-state index in [0.717, 1.165) is 116 Å². The van der Waals surface area contributed by atoms with E-state index in [9.17, 15) is 14.4 Å². The number of hydrogen-bond acceptors (Lipinski definition) is 6. The SMILES string of the molecule is CC/C=C\C/C=C\C/C=C\C/C=C\C/C=C\CCCCCCCCCCCCCC(=O)OCC(COC(=O)CCCCCCC)OC(=O)CCCCCCCCCC/C=C\C/C=C\C/C=C\CCCCCCC. The molecule has 6 heteroatoms. The van der Waals surface area contributed by atoms with Gasteiger partial charge >= 0.3 is 17.9 Å². The lowest BCUT2D eigenvalue weighted by Crippen LogP contribution is -2.30. The van der Waals surface area contributed by atoms with Gasteiger partial charge in [-0.15, -0.1) is 0 Å². The van der Waals surface area contributed by atoms with E-state index in [4.69, 9.17) is 14.2 Å². The first-order chi connectivity index (χ1) is 36.0. The fourth-order valence-corrected chi connectivity index (χ4v) is 8.48. The van der Waals surface area contributed by atoms with E-state index in [2.05, 4.69) is 118 Å². The molecule has 6 nitrogen and oxygen atoms in total. The average Bonchev–Trinajstić information content (AvgIpc) is 3.39. The van der Waals surface area contributed by atoms with Crippen molar-refractivity contribution in [3.8, 4) is 0 Å². The van der Waals surface area contributed by atoms with Gasteiger partial charge in [0.25, 0.3) is 0 Å². The minimum absolute atomic E-state index is 0.0814. The van der Waals surface area contributed by atoms with E-state index < -0.39 is 6.10 Å². The number of rotatable bonds is 55. The predicted molar refractivity (Wildman–Crippen MR) is 316 cm³/mol. The van der Waals surface area contributed by atoms with Crippen molar-refractivity contribution >= 4 is 17.9 Å². The van der Waals surface area contributed by atoms with E-state index in [-0.39, 0.29) is 31.1 Å². The molecular formula is C67H114O6. The minimum atomic E-state index is -0.780. The summed E-state index contributed by atoms with van der Waals surface area (Å²) < 4.78 is 16.8. The van der Waals surface area contributed by atoms with Crippen LogP contribution in [0.5, 0.6) is 0 Å². The van der Waals surface area contributed by atoms with Crippen molar-refractivity contribution < 1.29 is 28.6 Å². The maximum absolute atomic E-state index is 12.8. The highest BCUT2D eigenvalue weighted by molar-refractivity contribution is 5.71. The molecule has 0 rings (SSSR count). The van der Waals surface area contributed by atoms with E-state index in [1.54, 1.807) is 0 Å². The van der Waals surface area contributed by atoms with E-state index in [1.165, 1.54) is 135 Å². The Hall–Kier alpha value is -3.67. The Morgan fingerprint density at radius 1 is 0.288 bits per heavy atom. The van der Waals surface area contributed by atoms with Crippen molar-refractivity contribution in [3.63, 3.8) is 0 Å². The van der Waals surface area contributed by atoms with Gasteiger partial charge in [0.2, 0.25) is 0 Å². The maximum Gasteiger partial charge on any atom is 0.306 e. The van der Waals surface area contributed by atoms with Gasteiger partial charge in [-0.3, -0.25) is 14.4 Å². The Kier molecular flexibility index (Phi) is 57.8. The fourth-order valence-electron chi connectivity index (χ4n) is 8.48. The Morgan fingerprint density at radius 3 is 0.836 bits per heavy atom. The monoisotopic (exact) mass is 1010 g/mol. The molecule has 0 spiro atoms. The zero-order valence-electron chi connectivity index (χ0n) is 47.9. The van der Waals surface area contributed by atoms with Gasteiger partial charge in [-0.1, -0.05) is 266 Å². The van der Waals surface area contributed by atoms with E-state index in [0.29, 0.717) is 19.3 Å². The fraction of sp³-hybridized carbons (Fsp3) is 0.716. The zero-order valence-corrected chi connectivity index (χ0v) is 47.9. The predicted octanol–water partition coefficient (Wildman–Crippen LogP) is 20.9. The number of unbranched alkanes of at least 4 members (excludes halogenated alkanes) is 28. The summed E-state index contributed by atoms with van der Waals surface area (Å²) in [5, 5.41) is 0. The molecule has 0 aliphatic carbocycles. The summed E-state index contributed by atoms with van der Waals surface area (Å²) in [4.78, 5) is 37.9. The summed E-state index contributed by atoms with van der Waals surface area (Å²) in [6.45, 7) is 6.44. The lowest BCUT2D eigenvalue weighted by molar-refractivity contribution is -0.167. The van der Waals surface area contributed by atoms with Crippen molar-refractivity contribution in [2.24, 2.45) is 0 Å². The second-order valence-electron chi connectivity index (χ2n) is 20.2. The molecule has 73 heavy (non-hydrogen) atoms. The van der Waals surface area contributed by atoms with Gasteiger partial charge in [-0.2, -0.15) is 0 Å². The summed E-state index contributed by atoms with van der Waals surface area (Å²) >= 11 is 0. The summed E-state index contributed by atoms with van der Waals surface area (Å²) in [7, 11) is 0. The third kappa shape index (κ3) is 59.1. The third-order valence-electron chi connectivity index (χ3n) is 13.1. The molecule has 0 saturated heterocycles. The van der Waals surface area contributed by atoms with Crippen molar-refractivity contribution in [3.05, 3.63) is 97.2 Å². The van der Waals surface area contributed by atoms with Gasteiger partial charge in [0, 0.05) is 19.3 Å². The van der Waals surface area contributed by atoms with Crippen molar-refractivity contribution in [2.45, 2.75) is 297 Å². The highest BCUT2D eigenvalue weighted by atomic mass is 16.6. The second-order valence-corrected chi connectivity index (χ2v) is 20.2. The van der Waals surface area contributed by atoms with Gasteiger partial charge in [0.15, 0.2) is 6.10 Å². The second kappa shape index (κ2) is 60.9. The van der Waals surface area contributed by atoms with Gasteiger partial charge < -0.3 is 14.2 Å².